The first kappa shape index (κ1) is 78.1. The third-order valence-corrected chi connectivity index (χ3v) is 14.0. The van der Waals surface area contributed by atoms with Gasteiger partial charge in [-0.05, 0) is 72.7 Å². The molecule has 0 amide bonds. The average Bonchev–Trinajstić information content (AvgIpc) is 3.41. The molecule has 2 aromatic heterocycles. The van der Waals surface area contributed by atoms with Gasteiger partial charge in [-0.25, -0.2) is 9.97 Å². The van der Waals surface area contributed by atoms with Crippen LogP contribution in [-0.2, 0) is 42.4 Å². The zero-order valence-electron chi connectivity index (χ0n) is 48.5. The summed E-state index contributed by atoms with van der Waals surface area (Å²) >= 11 is 0. The number of benzene rings is 4. The second-order valence-corrected chi connectivity index (χ2v) is 33.4. The number of nitrogens with zero attached hydrogens (tertiary/aromatic N) is 8. The number of pyridine rings is 2. The summed E-state index contributed by atoms with van der Waals surface area (Å²) in [6, 6.07) is 53.5. The predicted molar refractivity (Wildman–Crippen MR) is 338 cm³/mol. The first-order valence-corrected chi connectivity index (χ1v) is 34.8. The molecule has 16 heteroatoms. The Morgan fingerprint density at radius 1 is 0.506 bits per heavy atom. The van der Waals surface area contributed by atoms with Gasteiger partial charge in [0.25, 0.3) is 9.04 Å². The molecule has 77 heavy (non-hydrogen) atoms. The van der Waals surface area contributed by atoms with E-state index >= 15 is 0 Å². The van der Waals surface area contributed by atoms with Crippen LogP contribution < -0.4 is 20.7 Å². The van der Waals surface area contributed by atoms with Gasteiger partial charge in [-0.2, -0.15) is 0 Å². The van der Waals surface area contributed by atoms with E-state index in [4.69, 9.17) is 19.6 Å². The molecule has 417 valence electrons. The first-order valence-electron chi connectivity index (χ1n) is 24.3. The van der Waals surface area contributed by atoms with Gasteiger partial charge in [0.1, 0.15) is 0 Å². The normalized spacial score (nSPS) is 11.0. The molecule has 10 nitrogen and oxygen atoms in total. The van der Waals surface area contributed by atoms with Gasteiger partial charge < -0.3 is 29.4 Å². The number of rotatable bonds is 14. The van der Waals surface area contributed by atoms with Crippen LogP contribution in [0.25, 0.3) is 0 Å². The zero-order valence-corrected chi connectivity index (χ0v) is 54.8. The van der Waals surface area contributed by atoms with Crippen LogP contribution in [0.3, 0.4) is 0 Å². The minimum atomic E-state index is -1.54. The van der Waals surface area contributed by atoms with Crippen molar-refractivity contribution in [2.24, 2.45) is 20.0 Å². The van der Waals surface area contributed by atoms with Crippen molar-refractivity contribution in [3.63, 3.8) is 0 Å². The fourth-order valence-corrected chi connectivity index (χ4v) is 9.78. The van der Waals surface area contributed by atoms with E-state index in [1.807, 2.05) is 94.4 Å². The maximum atomic E-state index is 6.00. The van der Waals surface area contributed by atoms with Crippen molar-refractivity contribution in [2.75, 3.05) is 41.4 Å². The molecule has 6 aromatic rings. The Balaban J connectivity index is -0.000000427. The van der Waals surface area contributed by atoms with Crippen LogP contribution in [0, 0.1) is 31.3 Å². The average molecular weight is 1190 g/mol. The summed E-state index contributed by atoms with van der Waals surface area (Å²) in [7, 11) is 2.68. The fraction of sp³-hybridized carbons (Fsp3) is 0.262. The number of aliphatic imine (C=N–C) groups is 4. The molecular weight excluding hydrogens is 1110 g/mol. The Hall–Kier alpha value is -5.44. The van der Waals surface area contributed by atoms with Crippen LogP contribution in [0.1, 0.15) is 50.5 Å². The predicted octanol–water partition coefficient (Wildman–Crippen LogP) is 11.5. The van der Waals surface area contributed by atoms with Crippen LogP contribution in [-0.4, -0.2) is 108 Å². The van der Waals surface area contributed by atoms with Gasteiger partial charge in [0.15, 0.2) is 0 Å². The van der Waals surface area contributed by atoms with Gasteiger partial charge in [-0.1, -0.05) is 185 Å². The Bertz CT molecular complexity index is 2270. The van der Waals surface area contributed by atoms with Crippen molar-refractivity contribution in [3.8, 4) is 0 Å². The molecule has 0 bridgehead atoms. The summed E-state index contributed by atoms with van der Waals surface area (Å²) < 4.78 is 11.9. The van der Waals surface area contributed by atoms with Gasteiger partial charge in [0.2, 0.25) is 9.04 Å². The topological polar surface area (TPSA) is 141 Å². The van der Waals surface area contributed by atoms with Crippen LogP contribution >= 0.6 is 0 Å². The van der Waals surface area contributed by atoms with Crippen molar-refractivity contribution < 1.29 is 42.4 Å². The molecule has 0 atom stereocenters. The van der Waals surface area contributed by atoms with Crippen molar-refractivity contribution in [1.82, 2.24) is 9.97 Å². The van der Waals surface area contributed by atoms with Crippen molar-refractivity contribution in [3.05, 3.63) is 226 Å². The maximum absolute atomic E-state index is 6.00. The molecule has 6 rings (SSSR count). The second kappa shape index (κ2) is 45.6. The monoisotopic (exact) mass is 1190 g/mol. The third kappa shape index (κ3) is 37.1. The van der Waals surface area contributed by atoms with Crippen LogP contribution in [0.4, 0.5) is 0 Å². The first-order chi connectivity index (χ1) is 35.2. The summed E-state index contributed by atoms with van der Waals surface area (Å²) in [5, 5.41) is 17.2. The fourth-order valence-electron chi connectivity index (χ4n) is 5.59. The summed E-state index contributed by atoms with van der Waals surface area (Å²) in [5.41, 5.74) is 7.40. The van der Waals surface area contributed by atoms with Gasteiger partial charge in [0, 0.05) is 55.8 Å². The van der Waals surface area contributed by atoms with Crippen LogP contribution in [0.15, 0.2) is 203 Å². The molecule has 0 aliphatic carbocycles. The van der Waals surface area contributed by atoms with E-state index in [2.05, 4.69) is 193 Å². The molecule has 4 aromatic carbocycles. The second-order valence-electron chi connectivity index (χ2n) is 18.7. The summed E-state index contributed by atoms with van der Waals surface area (Å²) in [6.45, 7) is 37.5. The van der Waals surface area contributed by atoms with Gasteiger partial charge in [-0.3, -0.25) is 20.0 Å². The standard InChI is InChI=1S/C15H16OSi.C15H15OSi.2C11H15N3.2C4H11Si.CH3.2Co.N2/c2*1-2-13-16-17(14-9-5-3-6-10-14)15-11-7-4-8-12-15;2*1-8(12-3)10-6-5-7-11(14-10)9(2)13-4;2*1-5(2,3)4;;;;1-2/h2-12,17H,1,13H2;2-12H,1,13H2;2*5-7H,1-4H3;2*1H2,2-4H3;1H3;;;/q;;;;3*-1;;+2;. The molecule has 0 aliphatic rings. The van der Waals surface area contributed by atoms with E-state index in [0.29, 0.717) is 13.2 Å². The molecule has 0 fully saturated rings. The Kier molecular flexibility index (Phi) is 46.2. The quantitative estimate of drug-likeness (QED) is 0.0350. The van der Waals surface area contributed by atoms with Crippen molar-refractivity contribution >= 4 is 77.8 Å². The Morgan fingerprint density at radius 3 is 0.987 bits per heavy atom. The molecule has 0 aliphatic heterocycles. The van der Waals surface area contributed by atoms with E-state index in [1.54, 1.807) is 34.3 Å². The summed E-state index contributed by atoms with van der Waals surface area (Å²) in [6.07, 6.45) is 3.61. The van der Waals surface area contributed by atoms with Gasteiger partial charge in [-0.15, -0.1) is 29.3 Å². The zero-order chi connectivity index (χ0) is 56.0. The molecule has 0 saturated carbocycles. The third-order valence-electron chi connectivity index (χ3n) is 9.33. The molecule has 0 unspecified atom stereocenters. The van der Waals surface area contributed by atoms with Crippen molar-refractivity contribution in [1.29, 1.82) is 10.8 Å². The minimum absolute atomic E-state index is 0. The summed E-state index contributed by atoms with van der Waals surface area (Å²) in [5.74, 6) is 0. The molecule has 0 spiro atoms. The molecular formula is C61H86Co2N8O2Si4-. The van der Waals surface area contributed by atoms with E-state index in [-0.39, 0.29) is 41.0 Å². The van der Waals surface area contributed by atoms with Gasteiger partial charge in [0.05, 0.1) is 58.8 Å². The molecule has 0 N–H and O–H groups in total. The number of hydrogen-bond donors (Lipinski definition) is 0. The van der Waals surface area contributed by atoms with E-state index in [9.17, 15) is 0 Å². The largest absolute Gasteiger partial charge is 2.00 e. The van der Waals surface area contributed by atoms with Crippen LogP contribution in [0.2, 0.25) is 39.3 Å². The minimum Gasteiger partial charge on any atom is -0.407 e. The molecule has 3 radical (unpaired) electrons. The Morgan fingerprint density at radius 2 is 0.753 bits per heavy atom. The van der Waals surface area contributed by atoms with E-state index < -0.39 is 34.2 Å². The Labute approximate surface area is 492 Å². The van der Waals surface area contributed by atoms with Gasteiger partial charge >= 0.3 is 16.8 Å². The van der Waals surface area contributed by atoms with Crippen molar-refractivity contribution in [2.45, 2.75) is 67.0 Å². The molecule has 0 saturated heterocycles. The summed E-state index contributed by atoms with van der Waals surface area (Å²) in [4.78, 5) is 25.3. The smallest absolute Gasteiger partial charge is 0.407 e. The molecule has 2 heterocycles. The maximum Gasteiger partial charge on any atom is 2.00 e. The van der Waals surface area contributed by atoms with E-state index in [0.717, 1.165) is 45.6 Å². The SMILES string of the molecule is C=CCO[SiH](c1ccccc1)c1ccccc1.C=CCO[Si](c1ccccc1)c1ccccc1.CN=C(C)c1cccc(C(C)=NC)n1.CN=C(C)c1cccc(C(C)=NC)n1.N#N.[CH2-][Si](C)(C)C.[CH2-][Si](C)(C)C.[CH3-].[Co+2].[Co]. The number of aromatic nitrogens is 2. The van der Waals surface area contributed by atoms with Crippen LogP contribution in [0.5, 0.6) is 0 Å². The number of hydrogen-bond acceptors (Lipinski definition) is 10. The van der Waals surface area contributed by atoms with E-state index in [1.165, 1.54) is 20.7 Å².